The number of pyridine rings is 1. The molecule has 0 aliphatic heterocycles. The normalized spacial score (nSPS) is 11.7. The van der Waals surface area contributed by atoms with Crippen molar-refractivity contribution in [2.75, 3.05) is 0 Å². The molecule has 2 nitrogen and oxygen atoms in total. The Labute approximate surface area is 86.8 Å². The number of rotatable bonds is 4. The Morgan fingerprint density at radius 2 is 2.07 bits per heavy atom. The minimum atomic E-state index is 0.200. The lowest BCUT2D eigenvalue weighted by Crippen LogP contribution is -2.38. The topological polar surface area (TPSA) is 24.9 Å². The van der Waals surface area contributed by atoms with E-state index in [9.17, 15) is 0 Å². The van der Waals surface area contributed by atoms with Gasteiger partial charge in [-0.05, 0) is 39.3 Å². The van der Waals surface area contributed by atoms with Crippen LogP contribution in [0.25, 0.3) is 0 Å². The number of hydrogen-bond acceptors (Lipinski definition) is 2. The molecule has 1 aromatic rings. The van der Waals surface area contributed by atoms with Gasteiger partial charge < -0.3 is 5.32 Å². The average molecular weight is 192 g/mol. The van der Waals surface area contributed by atoms with Gasteiger partial charge in [0.15, 0.2) is 0 Å². The van der Waals surface area contributed by atoms with Crippen molar-refractivity contribution in [2.24, 2.45) is 0 Å². The maximum absolute atomic E-state index is 4.45. The van der Waals surface area contributed by atoms with Crippen LogP contribution in [0.4, 0.5) is 0 Å². The van der Waals surface area contributed by atoms with Crippen molar-refractivity contribution < 1.29 is 0 Å². The lowest BCUT2D eigenvalue weighted by molar-refractivity contribution is 0.372. The summed E-state index contributed by atoms with van der Waals surface area (Å²) in [5, 5.41) is 3.49. The maximum atomic E-state index is 4.45. The molecule has 0 bridgehead atoms. The minimum Gasteiger partial charge on any atom is -0.306 e. The Hall–Kier alpha value is -0.890. The van der Waals surface area contributed by atoms with Crippen LogP contribution in [0.2, 0.25) is 0 Å². The van der Waals surface area contributed by atoms with E-state index in [0.717, 1.165) is 24.4 Å². The third kappa shape index (κ3) is 3.46. The van der Waals surface area contributed by atoms with Gasteiger partial charge in [-0.25, -0.2) is 0 Å². The van der Waals surface area contributed by atoms with Gasteiger partial charge in [0.1, 0.15) is 0 Å². The average Bonchev–Trinajstić information content (AvgIpc) is 2.15. The molecule has 1 aromatic heterocycles. The highest BCUT2D eigenvalue weighted by molar-refractivity contribution is 5.09. The lowest BCUT2D eigenvalue weighted by Gasteiger charge is -2.24. The summed E-state index contributed by atoms with van der Waals surface area (Å²) >= 11 is 0. The van der Waals surface area contributed by atoms with Crippen LogP contribution in [-0.2, 0) is 6.54 Å². The van der Waals surface area contributed by atoms with E-state index in [0.29, 0.717) is 0 Å². The Balaban J connectivity index is 2.54. The molecule has 0 saturated carbocycles. The predicted octanol–water partition coefficient (Wildman–Crippen LogP) is 2.67. The fourth-order valence-electron chi connectivity index (χ4n) is 1.15. The molecule has 0 spiro atoms. The summed E-state index contributed by atoms with van der Waals surface area (Å²) in [6, 6.07) is 6.14. The minimum absolute atomic E-state index is 0.200. The summed E-state index contributed by atoms with van der Waals surface area (Å²) in [5.41, 5.74) is 2.40. The monoisotopic (exact) mass is 192 g/mol. The Kier molecular flexibility index (Phi) is 3.64. The molecule has 1 rings (SSSR count). The zero-order valence-electron chi connectivity index (χ0n) is 9.59. The molecular formula is C12H20N2. The van der Waals surface area contributed by atoms with Crippen LogP contribution in [0, 0.1) is 6.92 Å². The van der Waals surface area contributed by atoms with Crippen LogP contribution in [0.5, 0.6) is 0 Å². The van der Waals surface area contributed by atoms with Gasteiger partial charge in [-0.3, -0.25) is 4.98 Å². The molecule has 78 valence electrons. The van der Waals surface area contributed by atoms with Crippen LogP contribution < -0.4 is 5.32 Å². The van der Waals surface area contributed by atoms with Gasteiger partial charge >= 0.3 is 0 Å². The molecule has 1 heterocycles. The second kappa shape index (κ2) is 4.56. The molecule has 0 aromatic carbocycles. The third-order valence-electron chi connectivity index (χ3n) is 2.58. The first-order valence-corrected chi connectivity index (χ1v) is 5.21. The summed E-state index contributed by atoms with van der Waals surface area (Å²) in [7, 11) is 0. The van der Waals surface area contributed by atoms with Gasteiger partial charge in [-0.15, -0.1) is 0 Å². The highest BCUT2D eigenvalue weighted by atomic mass is 15.0. The van der Waals surface area contributed by atoms with E-state index in [-0.39, 0.29) is 5.54 Å². The molecule has 0 fully saturated rings. The first-order valence-electron chi connectivity index (χ1n) is 5.21. The highest BCUT2D eigenvalue weighted by Gasteiger charge is 2.13. The zero-order chi connectivity index (χ0) is 10.6. The SMILES string of the molecule is CCC(C)(C)NCc1cccc(C)n1. The van der Waals surface area contributed by atoms with Crippen molar-refractivity contribution in [2.45, 2.75) is 46.2 Å². The summed E-state index contributed by atoms with van der Waals surface area (Å²) in [6.07, 6.45) is 1.12. The summed E-state index contributed by atoms with van der Waals surface area (Å²) in [4.78, 5) is 4.45. The van der Waals surface area contributed by atoms with Gasteiger partial charge in [-0.1, -0.05) is 13.0 Å². The van der Waals surface area contributed by atoms with Crippen molar-refractivity contribution in [3.8, 4) is 0 Å². The van der Waals surface area contributed by atoms with E-state index >= 15 is 0 Å². The highest BCUT2D eigenvalue weighted by Crippen LogP contribution is 2.08. The van der Waals surface area contributed by atoms with E-state index in [2.05, 4.69) is 43.2 Å². The van der Waals surface area contributed by atoms with Crippen molar-refractivity contribution in [1.29, 1.82) is 0 Å². The molecular weight excluding hydrogens is 172 g/mol. The number of hydrogen-bond donors (Lipinski definition) is 1. The molecule has 2 heteroatoms. The molecule has 0 atom stereocenters. The molecule has 0 aliphatic rings. The van der Waals surface area contributed by atoms with Gasteiger partial charge in [-0.2, -0.15) is 0 Å². The van der Waals surface area contributed by atoms with Crippen LogP contribution in [0.3, 0.4) is 0 Å². The van der Waals surface area contributed by atoms with Crippen molar-refractivity contribution in [3.05, 3.63) is 29.6 Å². The van der Waals surface area contributed by atoms with E-state index in [1.165, 1.54) is 0 Å². The number of nitrogens with one attached hydrogen (secondary N) is 1. The van der Waals surface area contributed by atoms with Crippen LogP contribution in [-0.4, -0.2) is 10.5 Å². The Morgan fingerprint density at radius 3 is 2.64 bits per heavy atom. The molecule has 14 heavy (non-hydrogen) atoms. The second-order valence-electron chi connectivity index (χ2n) is 4.36. The van der Waals surface area contributed by atoms with Gasteiger partial charge in [0.05, 0.1) is 5.69 Å². The lowest BCUT2D eigenvalue weighted by atomic mass is 10.0. The molecule has 1 N–H and O–H groups in total. The Morgan fingerprint density at radius 1 is 1.36 bits per heavy atom. The first-order chi connectivity index (χ1) is 6.53. The van der Waals surface area contributed by atoms with E-state index < -0.39 is 0 Å². The largest absolute Gasteiger partial charge is 0.306 e. The fraction of sp³-hybridized carbons (Fsp3) is 0.583. The quantitative estimate of drug-likeness (QED) is 0.793. The number of nitrogens with zero attached hydrogens (tertiary/aromatic N) is 1. The molecule has 0 aliphatic carbocycles. The van der Waals surface area contributed by atoms with Gasteiger partial charge in [0, 0.05) is 17.8 Å². The van der Waals surface area contributed by atoms with Gasteiger partial charge in [0.2, 0.25) is 0 Å². The van der Waals surface area contributed by atoms with E-state index in [1.54, 1.807) is 0 Å². The molecule has 0 amide bonds. The standard InChI is InChI=1S/C12H20N2/c1-5-12(3,4)13-9-11-8-6-7-10(2)14-11/h6-8,13H,5,9H2,1-4H3. The molecule has 0 saturated heterocycles. The Bertz CT molecular complexity index is 292. The van der Waals surface area contributed by atoms with Gasteiger partial charge in [0.25, 0.3) is 0 Å². The fourth-order valence-corrected chi connectivity index (χ4v) is 1.15. The van der Waals surface area contributed by atoms with Crippen molar-refractivity contribution in [3.63, 3.8) is 0 Å². The number of aromatic nitrogens is 1. The predicted molar refractivity (Wildman–Crippen MR) is 60.2 cm³/mol. The second-order valence-corrected chi connectivity index (χ2v) is 4.36. The van der Waals surface area contributed by atoms with Crippen molar-refractivity contribution in [1.82, 2.24) is 10.3 Å². The van der Waals surface area contributed by atoms with Crippen LogP contribution in [0.1, 0.15) is 38.6 Å². The third-order valence-corrected chi connectivity index (χ3v) is 2.58. The van der Waals surface area contributed by atoms with E-state index in [1.807, 2.05) is 13.0 Å². The van der Waals surface area contributed by atoms with Crippen LogP contribution >= 0.6 is 0 Å². The number of aryl methyl sites for hydroxylation is 1. The summed E-state index contributed by atoms with van der Waals surface area (Å²) in [5.74, 6) is 0. The maximum Gasteiger partial charge on any atom is 0.0545 e. The van der Waals surface area contributed by atoms with Crippen LogP contribution in [0.15, 0.2) is 18.2 Å². The van der Waals surface area contributed by atoms with E-state index in [4.69, 9.17) is 0 Å². The smallest absolute Gasteiger partial charge is 0.0545 e. The molecule has 0 unspecified atom stereocenters. The summed E-state index contributed by atoms with van der Waals surface area (Å²) in [6.45, 7) is 9.49. The zero-order valence-corrected chi connectivity index (χ0v) is 9.59. The summed E-state index contributed by atoms with van der Waals surface area (Å²) < 4.78 is 0. The molecule has 0 radical (unpaired) electrons. The first kappa shape index (κ1) is 11.2. The van der Waals surface area contributed by atoms with Crippen molar-refractivity contribution >= 4 is 0 Å².